The molecule has 0 radical (unpaired) electrons. The molecule has 17 heteroatoms. The van der Waals surface area contributed by atoms with E-state index in [2.05, 4.69) is 105 Å². The van der Waals surface area contributed by atoms with Gasteiger partial charge in [-0.3, -0.25) is 0 Å². The van der Waals surface area contributed by atoms with E-state index < -0.39 is 68.5 Å². The highest BCUT2D eigenvalue weighted by Crippen LogP contribution is 2.29. The molecule has 0 aliphatic heterocycles. The number of rotatable bonds is 18. The van der Waals surface area contributed by atoms with Crippen LogP contribution in [0.2, 0.25) is 105 Å². The summed E-state index contributed by atoms with van der Waals surface area (Å²) >= 11 is 0. The second kappa shape index (κ2) is 13.6. The lowest BCUT2D eigenvalue weighted by Gasteiger charge is -2.44. The molecule has 0 aromatic heterocycles. The van der Waals surface area contributed by atoms with E-state index in [-0.39, 0.29) is 0 Å². The SMILES string of the molecule is CCO[Si](C)(C)O[Si](C)(C)O[Si](C)(C)O[Si](C)(C)O[Si](C)(C)O[Si](C)(C)O[Si](C)(C)O[Si](C)(C)OCC. The minimum Gasteiger partial charge on any atom is -0.416 e. The van der Waals surface area contributed by atoms with Crippen molar-refractivity contribution in [1.82, 2.24) is 0 Å². The molecule has 0 spiro atoms. The van der Waals surface area contributed by atoms with Crippen molar-refractivity contribution < 1.29 is 37.7 Å². The molecule has 0 aliphatic rings. The third-order valence-electron chi connectivity index (χ3n) is 4.42. The first kappa shape index (κ1) is 38.4. The molecule has 0 saturated carbocycles. The highest BCUT2D eigenvalue weighted by Gasteiger charge is 2.49. The summed E-state index contributed by atoms with van der Waals surface area (Å²) in [6.07, 6.45) is 0. The second-order valence-electron chi connectivity index (χ2n) is 12.8. The summed E-state index contributed by atoms with van der Waals surface area (Å²) in [4.78, 5) is 0. The molecule has 0 rings (SSSR count). The van der Waals surface area contributed by atoms with Gasteiger partial charge in [-0.25, -0.2) is 0 Å². The number of hydrogen-bond acceptors (Lipinski definition) is 9. The molecule has 0 amide bonds. The largest absolute Gasteiger partial charge is 0.416 e. The summed E-state index contributed by atoms with van der Waals surface area (Å²) in [5.74, 6) is 0. The highest BCUT2D eigenvalue weighted by molar-refractivity contribution is 6.91. The Kier molecular flexibility index (Phi) is 14.1. The third kappa shape index (κ3) is 17.7. The molecule has 0 bridgehead atoms. The zero-order valence-electron chi connectivity index (χ0n) is 27.1. The lowest BCUT2D eigenvalue weighted by atomic mass is 10.9. The Morgan fingerprint density at radius 3 is 0.541 bits per heavy atom. The van der Waals surface area contributed by atoms with E-state index in [0.29, 0.717) is 13.2 Å². The molecule has 0 fully saturated rings. The Hall–Kier alpha value is 1.38. The Morgan fingerprint density at radius 2 is 0.405 bits per heavy atom. The standard InChI is InChI=1S/C20H58O9Si8/c1-19-21-30(3,4)23-32(7,8)25-34(11,12)27-36(15,16)29-37(17,18)28-35(13,14)26-33(9,10)24-31(5,6)22-20-2/h19-20H2,1-18H3. The summed E-state index contributed by atoms with van der Waals surface area (Å²) in [5, 5.41) is 0. The first-order valence-corrected chi connectivity index (χ1v) is 35.8. The van der Waals surface area contributed by atoms with Gasteiger partial charge in [-0.05, 0) is 119 Å². The molecule has 0 aromatic carbocycles. The van der Waals surface area contributed by atoms with Gasteiger partial charge in [0.2, 0.25) is 0 Å². The molecule has 9 nitrogen and oxygen atoms in total. The molecule has 0 aliphatic carbocycles. The maximum absolute atomic E-state index is 6.66. The molecule has 0 heterocycles. The van der Waals surface area contributed by atoms with Crippen molar-refractivity contribution in [2.24, 2.45) is 0 Å². The van der Waals surface area contributed by atoms with Gasteiger partial charge in [-0.1, -0.05) is 0 Å². The number of hydrogen-bond donors (Lipinski definition) is 0. The van der Waals surface area contributed by atoms with Crippen LogP contribution in [0.1, 0.15) is 13.8 Å². The van der Waals surface area contributed by atoms with E-state index in [1.807, 2.05) is 13.8 Å². The van der Waals surface area contributed by atoms with Crippen molar-refractivity contribution in [3.05, 3.63) is 0 Å². The molecule has 224 valence electrons. The van der Waals surface area contributed by atoms with Crippen molar-refractivity contribution in [2.45, 2.75) is 119 Å². The predicted octanol–water partition coefficient (Wildman–Crippen LogP) is 6.79. The monoisotopic (exact) mass is 666 g/mol. The Labute approximate surface area is 237 Å². The van der Waals surface area contributed by atoms with Crippen LogP contribution < -0.4 is 0 Å². The van der Waals surface area contributed by atoms with Crippen LogP contribution in [0.25, 0.3) is 0 Å². The van der Waals surface area contributed by atoms with Crippen molar-refractivity contribution in [3.63, 3.8) is 0 Å². The average molecular weight is 667 g/mol. The van der Waals surface area contributed by atoms with Gasteiger partial charge in [0.25, 0.3) is 0 Å². The predicted molar refractivity (Wildman–Crippen MR) is 171 cm³/mol. The van der Waals surface area contributed by atoms with E-state index in [1.165, 1.54) is 0 Å². The molecule has 0 aromatic rings. The van der Waals surface area contributed by atoms with E-state index in [1.54, 1.807) is 0 Å². The van der Waals surface area contributed by atoms with Crippen LogP contribution in [0, 0.1) is 0 Å². The van der Waals surface area contributed by atoms with Crippen LogP contribution in [-0.2, 0) is 37.7 Å². The fourth-order valence-electron chi connectivity index (χ4n) is 5.02. The van der Waals surface area contributed by atoms with Gasteiger partial charge in [-0.15, -0.1) is 0 Å². The van der Waals surface area contributed by atoms with Crippen LogP contribution in [0.4, 0.5) is 0 Å². The first-order valence-electron chi connectivity index (χ1n) is 13.3. The van der Waals surface area contributed by atoms with E-state index >= 15 is 0 Å². The van der Waals surface area contributed by atoms with Crippen molar-refractivity contribution >= 4 is 68.5 Å². The molecular weight excluding hydrogens is 609 g/mol. The quantitative estimate of drug-likeness (QED) is 0.147. The van der Waals surface area contributed by atoms with Gasteiger partial charge in [0.1, 0.15) is 0 Å². The summed E-state index contributed by atoms with van der Waals surface area (Å²) in [5.41, 5.74) is 0. The summed E-state index contributed by atoms with van der Waals surface area (Å²) in [7, 11) is -19.8. The third-order valence-corrected chi connectivity index (χ3v) is 33.9. The zero-order valence-corrected chi connectivity index (χ0v) is 35.1. The van der Waals surface area contributed by atoms with Gasteiger partial charge >= 0.3 is 68.5 Å². The Balaban J connectivity index is 5.32. The van der Waals surface area contributed by atoms with Crippen molar-refractivity contribution in [3.8, 4) is 0 Å². The Bertz CT molecular complexity index is 658. The maximum Gasteiger partial charge on any atom is 0.322 e. The van der Waals surface area contributed by atoms with E-state index in [4.69, 9.17) is 37.7 Å². The van der Waals surface area contributed by atoms with Crippen molar-refractivity contribution in [2.75, 3.05) is 13.2 Å². The van der Waals surface area contributed by atoms with Crippen LogP contribution in [0.5, 0.6) is 0 Å². The van der Waals surface area contributed by atoms with E-state index in [9.17, 15) is 0 Å². The lowest BCUT2D eigenvalue weighted by molar-refractivity contribution is 0.228. The smallest absolute Gasteiger partial charge is 0.322 e. The highest BCUT2D eigenvalue weighted by atomic mass is 28.5. The van der Waals surface area contributed by atoms with Gasteiger partial charge in [0.15, 0.2) is 0 Å². The normalized spacial score (nSPS) is 15.4. The summed E-state index contributed by atoms with van der Waals surface area (Å²) in [6.45, 7) is 38.2. The minimum atomic E-state index is -2.60. The van der Waals surface area contributed by atoms with E-state index in [0.717, 1.165) is 0 Å². The Morgan fingerprint density at radius 1 is 0.270 bits per heavy atom. The second-order valence-corrected chi connectivity index (χ2v) is 41.5. The fraction of sp³-hybridized carbons (Fsp3) is 1.00. The van der Waals surface area contributed by atoms with Gasteiger partial charge in [0.05, 0.1) is 0 Å². The molecule has 0 saturated heterocycles. The first-order chi connectivity index (χ1) is 16.1. The molecule has 0 atom stereocenters. The van der Waals surface area contributed by atoms with Crippen LogP contribution >= 0.6 is 0 Å². The molecular formula is C20H58O9Si8. The molecule has 0 N–H and O–H groups in total. The average Bonchev–Trinajstić information content (AvgIpc) is 2.44. The summed E-state index contributed by atoms with van der Waals surface area (Å²) < 4.78 is 57.6. The molecule has 37 heavy (non-hydrogen) atoms. The lowest BCUT2D eigenvalue weighted by Crippen LogP contribution is -2.61. The van der Waals surface area contributed by atoms with Crippen molar-refractivity contribution in [1.29, 1.82) is 0 Å². The van der Waals surface area contributed by atoms with Gasteiger partial charge in [-0.2, -0.15) is 0 Å². The fourth-order valence-corrected chi connectivity index (χ4v) is 43.3. The summed E-state index contributed by atoms with van der Waals surface area (Å²) in [6, 6.07) is 0. The van der Waals surface area contributed by atoms with Crippen LogP contribution in [-0.4, -0.2) is 81.7 Å². The maximum atomic E-state index is 6.66. The topological polar surface area (TPSA) is 83.1 Å². The zero-order chi connectivity index (χ0) is 29.8. The minimum absolute atomic E-state index is 0.635. The van der Waals surface area contributed by atoms with Crippen LogP contribution in [0.15, 0.2) is 0 Å². The molecule has 0 unspecified atom stereocenters. The van der Waals surface area contributed by atoms with Crippen LogP contribution in [0.3, 0.4) is 0 Å². The van der Waals surface area contributed by atoms with Gasteiger partial charge in [0, 0.05) is 13.2 Å². The van der Waals surface area contributed by atoms with Gasteiger partial charge < -0.3 is 37.7 Å².